The first-order valence-electron chi connectivity index (χ1n) is 8.87. The number of nitrogen functional groups attached to an aromatic ring is 1. The van der Waals surface area contributed by atoms with Gasteiger partial charge in [-0.2, -0.15) is 4.98 Å². The number of rotatable bonds is 6. The summed E-state index contributed by atoms with van der Waals surface area (Å²) >= 11 is 0. The largest absolute Gasteiger partial charge is 0.366 e. The van der Waals surface area contributed by atoms with Crippen LogP contribution in [0.2, 0.25) is 0 Å². The molecule has 0 unspecified atom stereocenters. The lowest BCUT2D eigenvalue weighted by atomic mass is 10.2. The van der Waals surface area contributed by atoms with Crippen LogP contribution in [0.3, 0.4) is 0 Å². The molecule has 29 heavy (non-hydrogen) atoms. The number of hydrogen-bond donors (Lipinski definition) is 4. The Morgan fingerprint density at radius 2 is 1.83 bits per heavy atom. The summed E-state index contributed by atoms with van der Waals surface area (Å²) in [5.41, 5.74) is 7.55. The van der Waals surface area contributed by atoms with Crippen LogP contribution < -0.4 is 16.4 Å². The third kappa shape index (κ3) is 4.05. The Morgan fingerprint density at radius 3 is 2.66 bits per heavy atom. The number of H-pyrrole nitrogens is 1. The van der Waals surface area contributed by atoms with E-state index in [9.17, 15) is 9.59 Å². The number of amides is 2. The molecule has 0 saturated heterocycles. The maximum absolute atomic E-state index is 12.2. The molecule has 0 fully saturated rings. The number of fused-ring (bicyclic) bond motifs is 2. The molecule has 0 bridgehead atoms. The molecular formula is C19H18N8O2. The first-order valence-corrected chi connectivity index (χ1v) is 8.87. The normalized spacial score (nSPS) is 11.3. The van der Waals surface area contributed by atoms with Crippen molar-refractivity contribution >= 4 is 34.4 Å². The predicted octanol–water partition coefficient (Wildman–Crippen LogP) is 0.904. The Morgan fingerprint density at radius 1 is 1.03 bits per heavy atom. The molecule has 146 valence electrons. The molecular weight excluding hydrogens is 372 g/mol. The van der Waals surface area contributed by atoms with Crippen LogP contribution in [-0.2, 0) is 0 Å². The van der Waals surface area contributed by atoms with Gasteiger partial charge in [0.25, 0.3) is 11.8 Å². The zero-order valence-electron chi connectivity index (χ0n) is 15.3. The molecule has 2 amide bonds. The molecule has 0 atom stereocenters. The van der Waals surface area contributed by atoms with Crippen molar-refractivity contribution in [3.8, 4) is 0 Å². The van der Waals surface area contributed by atoms with Crippen LogP contribution in [0.25, 0.3) is 16.7 Å². The van der Waals surface area contributed by atoms with Gasteiger partial charge in [-0.15, -0.1) is 5.10 Å². The zero-order valence-corrected chi connectivity index (χ0v) is 15.3. The van der Waals surface area contributed by atoms with Gasteiger partial charge in [0.1, 0.15) is 11.3 Å². The molecule has 5 N–H and O–H groups in total. The van der Waals surface area contributed by atoms with E-state index in [0.717, 1.165) is 5.39 Å². The van der Waals surface area contributed by atoms with Crippen molar-refractivity contribution in [3.05, 3.63) is 66.1 Å². The number of hydrogen-bond acceptors (Lipinski definition) is 6. The molecule has 4 aromatic heterocycles. The van der Waals surface area contributed by atoms with Crippen LogP contribution in [0, 0.1) is 0 Å². The molecule has 4 rings (SSSR count). The summed E-state index contributed by atoms with van der Waals surface area (Å²) in [5.74, 6) is -0.371. The summed E-state index contributed by atoms with van der Waals surface area (Å²) < 4.78 is 1.45. The van der Waals surface area contributed by atoms with Crippen LogP contribution in [0.4, 0.5) is 5.95 Å². The second-order valence-corrected chi connectivity index (χ2v) is 6.19. The minimum absolute atomic E-state index is 0.149. The summed E-state index contributed by atoms with van der Waals surface area (Å²) in [5, 5.41) is 10.4. The van der Waals surface area contributed by atoms with E-state index in [4.69, 9.17) is 5.73 Å². The van der Waals surface area contributed by atoms with Gasteiger partial charge in [-0.1, -0.05) is 12.2 Å². The summed E-state index contributed by atoms with van der Waals surface area (Å²) in [6.45, 7) is 0.641. The predicted molar refractivity (Wildman–Crippen MR) is 107 cm³/mol. The number of carbonyl (C=O) groups excluding carboxylic acids is 2. The van der Waals surface area contributed by atoms with Crippen LogP contribution in [-0.4, -0.2) is 49.5 Å². The van der Waals surface area contributed by atoms with Crippen molar-refractivity contribution in [2.75, 3.05) is 18.8 Å². The smallest absolute Gasteiger partial charge is 0.270 e. The van der Waals surface area contributed by atoms with Crippen LogP contribution in [0.5, 0.6) is 0 Å². The number of nitrogens with zero attached hydrogens (tertiary/aromatic N) is 4. The average molecular weight is 390 g/mol. The third-order valence-corrected chi connectivity index (χ3v) is 4.18. The van der Waals surface area contributed by atoms with E-state index in [1.165, 1.54) is 4.52 Å². The van der Waals surface area contributed by atoms with E-state index < -0.39 is 0 Å². The lowest BCUT2D eigenvalue weighted by Gasteiger charge is -2.03. The molecule has 0 aliphatic rings. The molecule has 4 heterocycles. The number of aromatic amines is 1. The van der Waals surface area contributed by atoms with Gasteiger partial charge in [-0.25, -0.2) is 9.50 Å². The Labute approximate surface area is 164 Å². The van der Waals surface area contributed by atoms with Gasteiger partial charge in [-0.3, -0.25) is 9.59 Å². The number of anilines is 1. The van der Waals surface area contributed by atoms with Gasteiger partial charge >= 0.3 is 0 Å². The number of carbonyl (C=O) groups is 2. The zero-order chi connectivity index (χ0) is 20.2. The Hall–Kier alpha value is -4.21. The fourth-order valence-electron chi connectivity index (χ4n) is 2.75. The Bertz CT molecular complexity index is 1220. The topological polar surface area (TPSA) is 143 Å². The molecule has 10 heteroatoms. The Kier molecular flexibility index (Phi) is 4.89. The molecule has 0 aliphatic heterocycles. The van der Waals surface area contributed by atoms with E-state index in [0.29, 0.717) is 35.6 Å². The van der Waals surface area contributed by atoms with Crippen molar-refractivity contribution in [3.63, 3.8) is 0 Å². The minimum Gasteiger partial charge on any atom is -0.366 e. The van der Waals surface area contributed by atoms with E-state index in [-0.39, 0.29) is 17.8 Å². The van der Waals surface area contributed by atoms with E-state index in [1.54, 1.807) is 42.7 Å². The lowest BCUT2D eigenvalue weighted by molar-refractivity contribution is 0.0946. The average Bonchev–Trinajstić information content (AvgIpc) is 3.34. The highest BCUT2D eigenvalue weighted by Gasteiger charge is 2.08. The fourth-order valence-corrected chi connectivity index (χ4v) is 2.75. The molecule has 4 aromatic rings. The van der Waals surface area contributed by atoms with Gasteiger partial charge in [0.2, 0.25) is 5.95 Å². The van der Waals surface area contributed by atoms with Gasteiger partial charge in [0.05, 0.1) is 5.56 Å². The van der Waals surface area contributed by atoms with E-state index >= 15 is 0 Å². The number of pyridine rings is 2. The molecule has 0 saturated carbocycles. The van der Waals surface area contributed by atoms with Crippen LogP contribution in [0.15, 0.2) is 54.9 Å². The van der Waals surface area contributed by atoms with Crippen molar-refractivity contribution in [2.24, 2.45) is 0 Å². The van der Waals surface area contributed by atoms with Gasteiger partial charge in [0, 0.05) is 30.9 Å². The molecule has 10 nitrogen and oxygen atoms in total. The second-order valence-electron chi connectivity index (χ2n) is 6.19. The lowest BCUT2D eigenvalue weighted by Crippen LogP contribution is -2.25. The first-order chi connectivity index (χ1) is 14.1. The molecule has 0 radical (unpaired) electrons. The molecule has 0 spiro atoms. The Balaban J connectivity index is 1.24. The maximum Gasteiger partial charge on any atom is 0.270 e. The molecule has 0 aromatic carbocycles. The van der Waals surface area contributed by atoms with Gasteiger partial charge < -0.3 is 21.4 Å². The van der Waals surface area contributed by atoms with E-state index in [1.807, 2.05) is 12.1 Å². The highest BCUT2D eigenvalue weighted by Crippen LogP contribution is 2.10. The number of nitrogens with two attached hydrogens (primary N) is 1. The highest BCUT2D eigenvalue weighted by molar-refractivity contribution is 5.95. The monoisotopic (exact) mass is 390 g/mol. The van der Waals surface area contributed by atoms with Gasteiger partial charge in [0.15, 0.2) is 5.65 Å². The quantitative estimate of drug-likeness (QED) is 0.360. The van der Waals surface area contributed by atoms with Crippen molar-refractivity contribution < 1.29 is 9.59 Å². The van der Waals surface area contributed by atoms with Crippen molar-refractivity contribution in [1.82, 2.24) is 35.2 Å². The summed E-state index contributed by atoms with van der Waals surface area (Å²) in [7, 11) is 0. The third-order valence-electron chi connectivity index (χ3n) is 4.18. The fraction of sp³-hybridized carbons (Fsp3) is 0.105. The second kappa shape index (κ2) is 7.80. The van der Waals surface area contributed by atoms with Crippen molar-refractivity contribution in [1.29, 1.82) is 0 Å². The van der Waals surface area contributed by atoms with Crippen molar-refractivity contribution in [2.45, 2.75) is 0 Å². The molecule has 0 aliphatic carbocycles. The van der Waals surface area contributed by atoms with Gasteiger partial charge in [-0.05, 0) is 30.3 Å². The summed E-state index contributed by atoms with van der Waals surface area (Å²) in [6.07, 6.45) is 6.85. The first kappa shape index (κ1) is 18.2. The number of nitrogens with one attached hydrogen (secondary N) is 3. The van der Waals surface area contributed by atoms with E-state index in [2.05, 4.69) is 30.7 Å². The van der Waals surface area contributed by atoms with Crippen LogP contribution >= 0.6 is 0 Å². The highest BCUT2D eigenvalue weighted by atomic mass is 16.2. The SMILES string of the molecule is Nc1nc2ccc(C(=O)NC/C=C/CNC(=O)c3ccc4cc[nH]c4n3)cn2n1. The minimum atomic E-state index is -0.268. The standard InChI is InChI=1S/C19H18N8O2/c20-19-25-15-6-4-13(11-27(15)26-19)17(28)22-8-1-2-9-23-18(29)14-5-3-12-7-10-21-16(12)24-14/h1-7,10-11H,8-9H2,(H2,20,26)(H,21,24)(H,22,28)(H,23,29)/b2-1+. The summed E-state index contributed by atoms with van der Waals surface area (Å²) in [4.78, 5) is 35.6. The maximum atomic E-state index is 12.2. The van der Waals surface area contributed by atoms with Crippen LogP contribution in [0.1, 0.15) is 20.8 Å². The summed E-state index contributed by atoms with van der Waals surface area (Å²) in [6, 6.07) is 8.72. The number of aromatic nitrogens is 5.